The van der Waals surface area contributed by atoms with Crippen molar-refractivity contribution in [3.63, 3.8) is 0 Å². The average molecular weight is 303 g/mol. The smallest absolute Gasteiger partial charge is 0.118 e. The van der Waals surface area contributed by atoms with Crippen molar-refractivity contribution in [2.24, 2.45) is 0 Å². The molecule has 1 heterocycles. The van der Waals surface area contributed by atoms with Crippen LogP contribution in [0.4, 0.5) is 0 Å². The van der Waals surface area contributed by atoms with Gasteiger partial charge in [-0.25, -0.2) is 0 Å². The second-order valence-electron chi connectivity index (χ2n) is 3.90. The molecule has 0 radical (unpaired) electrons. The van der Waals surface area contributed by atoms with Gasteiger partial charge in [0.05, 0.1) is 10.6 Å². The van der Waals surface area contributed by atoms with Crippen molar-refractivity contribution in [3.05, 3.63) is 44.4 Å². The van der Waals surface area contributed by atoms with Crippen molar-refractivity contribution in [2.45, 2.75) is 25.9 Å². The lowest BCUT2D eigenvalue weighted by Gasteiger charge is -2.12. The van der Waals surface area contributed by atoms with E-state index >= 15 is 0 Å². The summed E-state index contributed by atoms with van der Waals surface area (Å²) < 4.78 is 3.90. The number of hydrogen-bond acceptors (Lipinski definition) is 4. The molecule has 0 saturated carbocycles. The zero-order chi connectivity index (χ0) is 13.1. The number of benzene rings is 1. The first-order valence-electron chi connectivity index (χ1n) is 5.57. The van der Waals surface area contributed by atoms with Crippen LogP contribution in [0.3, 0.4) is 0 Å². The number of aromatic nitrogens is 2. The average Bonchev–Trinajstić information content (AvgIpc) is 2.80. The molecule has 1 unspecified atom stereocenters. The van der Waals surface area contributed by atoms with E-state index in [-0.39, 0.29) is 0 Å². The molecule has 1 aromatic carbocycles. The van der Waals surface area contributed by atoms with E-state index in [4.69, 9.17) is 23.2 Å². The normalized spacial score (nSPS) is 12.7. The number of aliphatic hydroxyl groups excluding tert-OH is 1. The van der Waals surface area contributed by atoms with Crippen LogP contribution in [0.5, 0.6) is 0 Å². The van der Waals surface area contributed by atoms with Gasteiger partial charge in [-0.1, -0.05) is 41.0 Å². The molecule has 3 nitrogen and oxygen atoms in total. The van der Waals surface area contributed by atoms with Crippen LogP contribution < -0.4 is 0 Å². The summed E-state index contributed by atoms with van der Waals surface area (Å²) in [5.74, 6) is 0. The van der Waals surface area contributed by atoms with Crippen molar-refractivity contribution in [3.8, 4) is 0 Å². The first-order valence-corrected chi connectivity index (χ1v) is 7.10. The van der Waals surface area contributed by atoms with E-state index in [9.17, 15) is 5.11 Å². The minimum atomic E-state index is -0.822. The maximum Gasteiger partial charge on any atom is 0.118 e. The van der Waals surface area contributed by atoms with Crippen molar-refractivity contribution in [1.29, 1.82) is 0 Å². The summed E-state index contributed by atoms with van der Waals surface area (Å²) in [6.07, 6.45) is 0.924. The molecule has 2 aromatic rings. The lowest BCUT2D eigenvalue weighted by Crippen LogP contribution is -2.02. The minimum absolute atomic E-state index is 0.489. The van der Waals surface area contributed by atoms with Gasteiger partial charge >= 0.3 is 0 Å². The monoisotopic (exact) mass is 302 g/mol. The van der Waals surface area contributed by atoms with Gasteiger partial charge in [0.25, 0.3) is 0 Å². The lowest BCUT2D eigenvalue weighted by atomic mass is 10.1. The lowest BCUT2D eigenvalue weighted by molar-refractivity contribution is 0.223. The third-order valence-corrected chi connectivity index (χ3v) is 3.97. The van der Waals surface area contributed by atoms with Gasteiger partial charge in [0.15, 0.2) is 0 Å². The molecule has 0 aliphatic carbocycles. The third-order valence-electron chi connectivity index (χ3n) is 2.57. The van der Waals surface area contributed by atoms with E-state index in [1.807, 2.05) is 0 Å². The maximum absolute atomic E-state index is 10.4. The van der Waals surface area contributed by atoms with Gasteiger partial charge in [0.1, 0.15) is 6.10 Å². The SMILES string of the molecule is CCCc1nnsc1C(O)c1cc(Cl)ccc1Cl. The van der Waals surface area contributed by atoms with Crippen LogP contribution in [-0.2, 0) is 6.42 Å². The van der Waals surface area contributed by atoms with E-state index in [1.165, 1.54) is 11.5 Å². The Kier molecular flexibility index (Phi) is 4.56. The highest BCUT2D eigenvalue weighted by atomic mass is 35.5. The number of aliphatic hydroxyl groups is 1. The van der Waals surface area contributed by atoms with Crippen LogP contribution in [-0.4, -0.2) is 14.7 Å². The summed E-state index contributed by atoms with van der Waals surface area (Å²) in [5.41, 5.74) is 1.42. The predicted octanol–water partition coefficient (Wildman–Crippen LogP) is 3.88. The molecule has 0 spiro atoms. The van der Waals surface area contributed by atoms with Crippen LogP contribution in [0.2, 0.25) is 10.0 Å². The number of aryl methyl sites for hydroxylation is 1. The highest BCUT2D eigenvalue weighted by Gasteiger charge is 2.20. The Bertz CT molecular complexity index is 545. The predicted molar refractivity (Wildman–Crippen MR) is 74.4 cm³/mol. The summed E-state index contributed by atoms with van der Waals surface area (Å²) in [6.45, 7) is 2.06. The molecule has 0 bridgehead atoms. The fraction of sp³-hybridized carbons (Fsp3) is 0.333. The summed E-state index contributed by atoms with van der Waals surface area (Å²) in [4.78, 5) is 0.737. The molecule has 1 atom stereocenters. The Morgan fingerprint density at radius 3 is 2.89 bits per heavy atom. The number of halogens is 2. The zero-order valence-electron chi connectivity index (χ0n) is 9.73. The molecule has 0 amide bonds. The van der Waals surface area contributed by atoms with E-state index in [0.29, 0.717) is 15.6 Å². The molecule has 0 aliphatic rings. The van der Waals surface area contributed by atoms with Gasteiger partial charge in [-0.05, 0) is 36.2 Å². The minimum Gasteiger partial charge on any atom is -0.383 e. The molecule has 96 valence electrons. The fourth-order valence-electron chi connectivity index (χ4n) is 1.70. The first-order chi connectivity index (χ1) is 8.63. The summed E-state index contributed by atoms with van der Waals surface area (Å²) in [6, 6.07) is 5.04. The van der Waals surface area contributed by atoms with E-state index in [1.54, 1.807) is 18.2 Å². The standard InChI is InChI=1S/C12H12Cl2N2OS/c1-2-3-10-12(18-16-15-10)11(17)8-6-7(13)4-5-9(8)14/h4-6,11,17H,2-3H2,1H3. The zero-order valence-corrected chi connectivity index (χ0v) is 12.1. The molecule has 2 rings (SSSR count). The number of hydrogen-bond donors (Lipinski definition) is 1. The van der Waals surface area contributed by atoms with E-state index in [2.05, 4.69) is 16.5 Å². The second kappa shape index (κ2) is 5.97. The van der Waals surface area contributed by atoms with Crippen molar-refractivity contribution in [2.75, 3.05) is 0 Å². The number of nitrogens with zero attached hydrogens (tertiary/aromatic N) is 2. The van der Waals surface area contributed by atoms with Crippen molar-refractivity contribution < 1.29 is 5.11 Å². The number of rotatable bonds is 4. The molecule has 0 aliphatic heterocycles. The topological polar surface area (TPSA) is 46.0 Å². The van der Waals surface area contributed by atoms with Gasteiger partial charge in [-0.3, -0.25) is 0 Å². The quantitative estimate of drug-likeness (QED) is 0.932. The van der Waals surface area contributed by atoms with Crippen LogP contribution >= 0.6 is 34.7 Å². The van der Waals surface area contributed by atoms with Gasteiger partial charge in [-0.2, -0.15) is 0 Å². The highest BCUT2D eigenvalue weighted by Crippen LogP contribution is 2.33. The van der Waals surface area contributed by atoms with E-state index < -0.39 is 6.10 Å². The molecule has 0 fully saturated rings. The van der Waals surface area contributed by atoms with Crippen molar-refractivity contribution >= 4 is 34.7 Å². The van der Waals surface area contributed by atoms with Crippen molar-refractivity contribution in [1.82, 2.24) is 9.59 Å². The molecular formula is C12H12Cl2N2OS. The van der Waals surface area contributed by atoms with Crippen LogP contribution in [0.25, 0.3) is 0 Å². The van der Waals surface area contributed by atoms with E-state index in [0.717, 1.165) is 23.4 Å². The van der Waals surface area contributed by atoms with Crippen LogP contribution in [0, 0.1) is 0 Å². The summed E-state index contributed by atoms with van der Waals surface area (Å²) in [5, 5.41) is 15.5. The Labute approximate surface area is 120 Å². The van der Waals surface area contributed by atoms with Gasteiger partial charge in [0.2, 0.25) is 0 Å². The van der Waals surface area contributed by atoms with Gasteiger partial charge < -0.3 is 5.11 Å². The summed E-state index contributed by atoms with van der Waals surface area (Å²) >= 11 is 13.2. The first kappa shape index (κ1) is 13.7. The van der Waals surface area contributed by atoms with Crippen LogP contribution in [0.1, 0.15) is 35.6 Å². The second-order valence-corrected chi connectivity index (χ2v) is 5.53. The summed E-state index contributed by atoms with van der Waals surface area (Å²) in [7, 11) is 0. The molecule has 0 saturated heterocycles. The van der Waals surface area contributed by atoms with Gasteiger partial charge in [-0.15, -0.1) is 5.10 Å². The Hall–Kier alpha value is -0.680. The third kappa shape index (κ3) is 2.83. The maximum atomic E-state index is 10.4. The Balaban J connectivity index is 2.38. The largest absolute Gasteiger partial charge is 0.383 e. The molecule has 6 heteroatoms. The molecule has 1 N–H and O–H groups in total. The highest BCUT2D eigenvalue weighted by molar-refractivity contribution is 7.05. The fourth-order valence-corrected chi connectivity index (χ4v) is 2.80. The Morgan fingerprint density at radius 2 is 2.17 bits per heavy atom. The molecular weight excluding hydrogens is 291 g/mol. The molecule has 1 aromatic heterocycles. The molecule has 18 heavy (non-hydrogen) atoms. The Morgan fingerprint density at radius 1 is 1.39 bits per heavy atom. The van der Waals surface area contributed by atoms with Gasteiger partial charge in [0, 0.05) is 15.6 Å². The van der Waals surface area contributed by atoms with Crippen LogP contribution in [0.15, 0.2) is 18.2 Å².